The van der Waals surface area contributed by atoms with Crippen molar-refractivity contribution >= 4 is 28.5 Å². The molecule has 138 valence electrons. The number of fused-ring (bicyclic) bond motifs is 1. The molecule has 5 heteroatoms. The van der Waals surface area contributed by atoms with Crippen molar-refractivity contribution in [2.45, 2.75) is 20.0 Å². The molecule has 0 aliphatic rings. The zero-order chi connectivity index (χ0) is 19.2. The number of aryl methyl sites for hydroxylation is 1. The summed E-state index contributed by atoms with van der Waals surface area (Å²) in [4.78, 5) is 23.4. The molecule has 0 saturated carbocycles. The first kappa shape index (κ1) is 18.5. The molecule has 0 spiro atoms. The van der Waals surface area contributed by atoms with Gasteiger partial charge < -0.3 is 9.47 Å². The van der Waals surface area contributed by atoms with Crippen molar-refractivity contribution in [3.8, 4) is 0 Å². The number of esters is 1. The second-order valence-corrected chi connectivity index (χ2v) is 6.14. The lowest BCUT2D eigenvalue weighted by Crippen LogP contribution is -2.13. The van der Waals surface area contributed by atoms with E-state index in [2.05, 4.69) is 35.2 Å². The number of amides is 1. The summed E-state index contributed by atoms with van der Waals surface area (Å²) in [7, 11) is 1.32. The number of ether oxygens (including phenoxy) is 2. The number of hydrogen-bond donors (Lipinski definition) is 1. The molecule has 3 aromatic carbocycles. The van der Waals surface area contributed by atoms with E-state index in [9.17, 15) is 9.59 Å². The average Bonchev–Trinajstić information content (AvgIpc) is 2.71. The van der Waals surface area contributed by atoms with E-state index in [4.69, 9.17) is 4.74 Å². The van der Waals surface area contributed by atoms with Crippen LogP contribution in [-0.4, -0.2) is 19.2 Å². The third-order valence-corrected chi connectivity index (χ3v) is 4.30. The molecule has 1 amide bonds. The van der Waals surface area contributed by atoms with Gasteiger partial charge in [0, 0.05) is 5.69 Å². The maximum atomic E-state index is 12.0. The summed E-state index contributed by atoms with van der Waals surface area (Å²) in [5, 5.41) is 4.93. The predicted molar refractivity (Wildman–Crippen MR) is 105 cm³/mol. The summed E-state index contributed by atoms with van der Waals surface area (Å²) in [6.45, 7) is 2.31. The number of nitrogens with one attached hydrogen (secondary N) is 1. The van der Waals surface area contributed by atoms with Crippen LogP contribution in [0.3, 0.4) is 0 Å². The number of anilines is 1. The quantitative estimate of drug-likeness (QED) is 0.652. The lowest BCUT2D eigenvalue weighted by molar-refractivity contribution is 0.0600. The largest absolute Gasteiger partial charge is 0.465 e. The lowest BCUT2D eigenvalue weighted by atomic mass is 10.0. The molecular formula is C22H21NO4. The Morgan fingerprint density at radius 2 is 1.52 bits per heavy atom. The van der Waals surface area contributed by atoms with Crippen molar-refractivity contribution in [3.05, 3.63) is 77.4 Å². The van der Waals surface area contributed by atoms with E-state index in [0.717, 1.165) is 17.4 Å². The van der Waals surface area contributed by atoms with Crippen LogP contribution >= 0.6 is 0 Å². The second-order valence-electron chi connectivity index (χ2n) is 6.14. The van der Waals surface area contributed by atoms with Crippen LogP contribution in [0.5, 0.6) is 0 Å². The smallest absolute Gasteiger partial charge is 0.411 e. The molecule has 0 heterocycles. The number of hydrogen-bond acceptors (Lipinski definition) is 4. The fraction of sp³-hybridized carbons (Fsp3) is 0.182. The molecule has 0 fully saturated rings. The van der Waals surface area contributed by atoms with Crippen molar-refractivity contribution in [1.82, 2.24) is 0 Å². The van der Waals surface area contributed by atoms with Crippen LogP contribution in [0.4, 0.5) is 10.5 Å². The Labute approximate surface area is 157 Å². The number of methoxy groups -OCH3 is 1. The monoisotopic (exact) mass is 363 g/mol. The summed E-state index contributed by atoms with van der Waals surface area (Å²) in [6.07, 6.45) is 0.448. The van der Waals surface area contributed by atoms with E-state index in [1.165, 1.54) is 18.1 Å². The van der Waals surface area contributed by atoms with E-state index in [-0.39, 0.29) is 6.61 Å². The third kappa shape index (κ3) is 4.64. The van der Waals surface area contributed by atoms with Crippen molar-refractivity contribution in [1.29, 1.82) is 0 Å². The SMILES string of the molecule is CCc1ccc2cc(COC(=O)Nc3ccc(C(=O)OC)cc3)ccc2c1. The molecule has 0 aromatic heterocycles. The molecule has 0 atom stereocenters. The van der Waals surface area contributed by atoms with Gasteiger partial charge in [0.05, 0.1) is 12.7 Å². The highest BCUT2D eigenvalue weighted by atomic mass is 16.5. The Bertz CT molecular complexity index is 964. The maximum absolute atomic E-state index is 12.0. The fourth-order valence-electron chi connectivity index (χ4n) is 2.76. The van der Waals surface area contributed by atoms with E-state index in [1.807, 2.05) is 18.2 Å². The molecule has 5 nitrogen and oxygen atoms in total. The van der Waals surface area contributed by atoms with Crippen molar-refractivity contribution in [2.24, 2.45) is 0 Å². The molecule has 0 radical (unpaired) electrons. The summed E-state index contributed by atoms with van der Waals surface area (Å²) in [5.41, 5.74) is 3.17. The molecule has 0 aliphatic heterocycles. The normalized spacial score (nSPS) is 10.4. The standard InChI is InChI=1S/C22H21NO4/c1-3-15-4-6-19-13-16(5-7-18(19)12-15)14-27-22(25)23-20-10-8-17(9-11-20)21(24)26-2/h4-13H,3,14H2,1-2H3,(H,23,25). The first-order valence-electron chi connectivity index (χ1n) is 8.73. The number of benzene rings is 3. The highest BCUT2D eigenvalue weighted by Gasteiger charge is 2.07. The molecule has 0 bridgehead atoms. The minimum atomic E-state index is -0.553. The van der Waals surface area contributed by atoms with Crippen LogP contribution in [0.25, 0.3) is 10.8 Å². The third-order valence-electron chi connectivity index (χ3n) is 4.30. The van der Waals surface area contributed by atoms with Crippen molar-refractivity contribution < 1.29 is 19.1 Å². The zero-order valence-corrected chi connectivity index (χ0v) is 15.3. The molecular weight excluding hydrogens is 342 g/mol. The summed E-state index contributed by atoms with van der Waals surface area (Å²) < 4.78 is 9.92. The van der Waals surface area contributed by atoms with Gasteiger partial charge in [0.2, 0.25) is 0 Å². The number of carbonyl (C=O) groups excluding carboxylic acids is 2. The topological polar surface area (TPSA) is 64.6 Å². The van der Waals surface area contributed by atoms with E-state index >= 15 is 0 Å². The first-order chi connectivity index (χ1) is 13.1. The maximum Gasteiger partial charge on any atom is 0.411 e. The van der Waals surface area contributed by atoms with Gasteiger partial charge in [-0.05, 0) is 58.7 Å². The average molecular weight is 363 g/mol. The Morgan fingerprint density at radius 1 is 0.889 bits per heavy atom. The molecule has 3 aromatic rings. The van der Waals surface area contributed by atoms with Gasteiger partial charge in [-0.2, -0.15) is 0 Å². The van der Waals surface area contributed by atoms with Crippen molar-refractivity contribution in [3.63, 3.8) is 0 Å². The zero-order valence-electron chi connectivity index (χ0n) is 15.3. The molecule has 27 heavy (non-hydrogen) atoms. The van der Waals surface area contributed by atoms with E-state index in [1.54, 1.807) is 24.3 Å². The van der Waals surface area contributed by atoms with E-state index in [0.29, 0.717) is 11.3 Å². The van der Waals surface area contributed by atoms with Crippen LogP contribution < -0.4 is 5.32 Å². The van der Waals surface area contributed by atoms with Gasteiger partial charge in [-0.25, -0.2) is 9.59 Å². The van der Waals surface area contributed by atoms with Gasteiger partial charge in [-0.15, -0.1) is 0 Å². The Kier molecular flexibility index (Phi) is 5.71. The second kappa shape index (κ2) is 8.36. The van der Waals surface area contributed by atoms with Gasteiger partial charge in [0.1, 0.15) is 6.61 Å². The molecule has 3 rings (SSSR count). The van der Waals surface area contributed by atoms with Crippen LogP contribution in [0, 0.1) is 0 Å². The van der Waals surface area contributed by atoms with Gasteiger partial charge in [0.15, 0.2) is 0 Å². The molecule has 0 aliphatic carbocycles. The minimum Gasteiger partial charge on any atom is -0.465 e. The van der Waals surface area contributed by atoms with Crippen LogP contribution in [0.2, 0.25) is 0 Å². The Hall–Kier alpha value is -3.34. The van der Waals surface area contributed by atoms with Crippen LogP contribution in [0.15, 0.2) is 60.7 Å². The molecule has 0 saturated heterocycles. The van der Waals surface area contributed by atoms with Gasteiger partial charge in [0.25, 0.3) is 0 Å². The summed E-state index contributed by atoms with van der Waals surface area (Å²) in [5.74, 6) is -0.425. The van der Waals surface area contributed by atoms with E-state index < -0.39 is 12.1 Å². The Balaban J connectivity index is 1.58. The Morgan fingerprint density at radius 3 is 2.15 bits per heavy atom. The molecule has 0 unspecified atom stereocenters. The lowest BCUT2D eigenvalue weighted by Gasteiger charge is -2.09. The highest BCUT2D eigenvalue weighted by Crippen LogP contribution is 2.19. The predicted octanol–water partition coefficient (Wildman–Crippen LogP) is 4.94. The van der Waals surface area contributed by atoms with Gasteiger partial charge in [-0.1, -0.05) is 37.3 Å². The molecule has 1 N–H and O–H groups in total. The number of rotatable bonds is 5. The van der Waals surface area contributed by atoms with Gasteiger partial charge >= 0.3 is 12.1 Å². The van der Waals surface area contributed by atoms with Crippen molar-refractivity contribution in [2.75, 3.05) is 12.4 Å². The highest BCUT2D eigenvalue weighted by molar-refractivity contribution is 5.91. The summed E-state index contributed by atoms with van der Waals surface area (Å²) >= 11 is 0. The van der Waals surface area contributed by atoms with Crippen LogP contribution in [-0.2, 0) is 22.5 Å². The van der Waals surface area contributed by atoms with Crippen LogP contribution in [0.1, 0.15) is 28.4 Å². The fourth-order valence-corrected chi connectivity index (χ4v) is 2.76. The minimum absolute atomic E-state index is 0.178. The summed E-state index contributed by atoms with van der Waals surface area (Å²) in [6, 6.07) is 18.8. The first-order valence-corrected chi connectivity index (χ1v) is 8.73. The van der Waals surface area contributed by atoms with Gasteiger partial charge in [-0.3, -0.25) is 5.32 Å². The number of carbonyl (C=O) groups is 2.